The van der Waals surface area contributed by atoms with Gasteiger partial charge in [0.05, 0.1) is 10.5 Å². The van der Waals surface area contributed by atoms with Gasteiger partial charge in [0, 0.05) is 29.4 Å². The second kappa shape index (κ2) is 5.39. The van der Waals surface area contributed by atoms with Crippen molar-refractivity contribution in [3.8, 4) is 5.75 Å². The molecule has 0 spiro atoms. The molecular weight excluding hydrogens is 272 g/mol. The average Bonchev–Trinajstić information content (AvgIpc) is 2.48. The van der Waals surface area contributed by atoms with Crippen LogP contribution in [0.2, 0.25) is 5.02 Å². The van der Waals surface area contributed by atoms with Gasteiger partial charge in [-0.05, 0) is 30.3 Å². The number of para-hydroxylation sites is 1. The number of fused-ring (bicyclic) bond motifs is 1. The van der Waals surface area contributed by atoms with Gasteiger partial charge < -0.3 is 10.4 Å². The Hall–Kier alpha value is -2.26. The molecule has 100 valence electrons. The zero-order chi connectivity index (χ0) is 13.9. The molecule has 0 aliphatic carbocycles. The van der Waals surface area contributed by atoms with Crippen molar-refractivity contribution >= 4 is 28.2 Å². The van der Waals surface area contributed by atoms with Gasteiger partial charge in [-0.15, -0.1) is 0 Å². The van der Waals surface area contributed by atoms with Gasteiger partial charge in [-0.25, -0.2) is 0 Å². The molecule has 0 aliphatic rings. The fourth-order valence-electron chi connectivity index (χ4n) is 2.14. The summed E-state index contributed by atoms with van der Waals surface area (Å²) in [6.07, 6.45) is 1.72. The summed E-state index contributed by atoms with van der Waals surface area (Å²) in [5.41, 5.74) is 2.57. The fraction of sp³-hybridized carbons (Fsp3) is 0.0625. The molecular formula is C16H13ClN2O. The zero-order valence-corrected chi connectivity index (χ0v) is 11.4. The molecule has 0 bridgehead atoms. The van der Waals surface area contributed by atoms with Crippen LogP contribution in [0.15, 0.2) is 54.7 Å². The monoisotopic (exact) mass is 284 g/mol. The number of aromatic nitrogens is 1. The topological polar surface area (TPSA) is 45.1 Å². The van der Waals surface area contributed by atoms with Crippen LogP contribution in [0.5, 0.6) is 5.75 Å². The van der Waals surface area contributed by atoms with Gasteiger partial charge in [-0.2, -0.15) is 0 Å². The highest BCUT2D eigenvalue weighted by Crippen LogP contribution is 2.28. The Kier molecular flexibility index (Phi) is 3.44. The van der Waals surface area contributed by atoms with Crippen molar-refractivity contribution in [2.45, 2.75) is 6.54 Å². The summed E-state index contributed by atoms with van der Waals surface area (Å²) < 4.78 is 0. The molecule has 3 nitrogen and oxygen atoms in total. The Labute approximate surface area is 121 Å². The number of hydrogen-bond donors (Lipinski definition) is 2. The molecule has 0 fully saturated rings. The highest BCUT2D eigenvalue weighted by molar-refractivity contribution is 6.35. The number of anilines is 1. The van der Waals surface area contributed by atoms with Gasteiger partial charge in [0.15, 0.2) is 0 Å². The van der Waals surface area contributed by atoms with Crippen molar-refractivity contribution in [1.82, 2.24) is 4.98 Å². The first-order chi connectivity index (χ1) is 9.75. The molecule has 20 heavy (non-hydrogen) atoms. The Morgan fingerprint density at radius 1 is 1.05 bits per heavy atom. The first-order valence-electron chi connectivity index (χ1n) is 6.29. The largest absolute Gasteiger partial charge is 0.508 e. The number of nitrogens with one attached hydrogen (secondary N) is 1. The van der Waals surface area contributed by atoms with Crippen LogP contribution in [0.1, 0.15) is 5.56 Å². The number of phenols is 1. The summed E-state index contributed by atoms with van der Waals surface area (Å²) in [5, 5.41) is 14.7. The molecule has 0 atom stereocenters. The summed E-state index contributed by atoms with van der Waals surface area (Å²) in [4.78, 5) is 4.29. The lowest BCUT2D eigenvalue weighted by Gasteiger charge is -2.11. The minimum Gasteiger partial charge on any atom is -0.508 e. The molecule has 0 saturated heterocycles. The third-order valence-corrected chi connectivity index (χ3v) is 3.49. The average molecular weight is 285 g/mol. The summed E-state index contributed by atoms with van der Waals surface area (Å²) in [6.45, 7) is 0.540. The molecule has 2 N–H and O–H groups in total. The molecule has 3 aromatic rings. The molecule has 4 heteroatoms. The quantitative estimate of drug-likeness (QED) is 0.757. The zero-order valence-electron chi connectivity index (χ0n) is 10.7. The second-order valence-electron chi connectivity index (χ2n) is 4.48. The molecule has 1 heterocycles. The van der Waals surface area contributed by atoms with Gasteiger partial charge in [0.1, 0.15) is 5.75 Å². The first-order valence-corrected chi connectivity index (χ1v) is 6.67. The Morgan fingerprint density at radius 3 is 2.75 bits per heavy atom. The lowest BCUT2D eigenvalue weighted by molar-refractivity contribution is 0.469. The molecule has 3 rings (SSSR count). The van der Waals surface area contributed by atoms with Crippen molar-refractivity contribution in [2.75, 3.05) is 5.32 Å². The number of phenolic OH excluding ortho intramolecular Hbond substituents is 1. The van der Waals surface area contributed by atoms with E-state index < -0.39 is 0 Å². The van der Waals surface area contributed by atoms with E-state index in [4.69, 9.17) is 11.6 Å². The number of benzene rings is 2. The summed E-state index contributed by atoms with van der Waals surface area (Å²) in [5.74, 6) is 0.288. The third kappa shape index (κ3) is 2.40. The number of aromatic hydroxyl groups is 1. The Morgan fingerprint density at radius 2 is 1.90 bits per heavy atom. The van der Waals surface area contributed by atoms with E-state index in [0.717, 1.165) is 22.2 Å². The number of halogens is 1. The van der Waals surface area contributed by atoms with Crippen LogP contribution in [-0.2, 0) is 6.54 Å². The van der Waals surface area contributed by atoms with Gasteiger partial charge >= 0.3 is 0 Å². The Bertz CT molecular complexity index is 758. The summed E-state index contributed by atoms with van der Waals surface area (Å²) in [7, 11) is 0. The van der Waals surface area contributed by atoms with E-state index in [1.807, 2.05) is 36.4 Å². The molecule has 0 amide bonds. The summed E-state index contributed by atoms with van der Waals surface area (Å²) in [6, 6.07) is 14.9. The minimum absolute atomic E-state index is 0.288. The molecule has 2 aromatic carbocycles. The predicted molar refractivity (Wildman–Crippen MR) is 82.2 cm³/mol. The van der Waals surface area contributed by atoms with E-state index in [9.17, 15) is 5.11 Å². The minimum atomic E-state index is 0.288. The van der Waals surface area contributed by atoms with E-state index >= 15 is 0 Å². The van der Waals surface area contributed by atoms with Gasteiger partial charge in [0.25, 0.3) is 0 Å². The van der Waals surface area contributed by atoms with Crippen LogP contribution in [0.4, 0.5) is 5.69 Å². The normalized spacial score (nSPS) is 10.7. The predicted octanol–water partition coefficient (Wildman–Crippen LogP) is 4.21. The molecule has 0 aliphatic heterocycles. The standard InChI is InChI=1S/C16H13ClN2O/c17-13-7-8-14(12-5-3-9-18-16(12)13)19-10-11-4-1-2-6-15(11)20/h1-9,19-20H,10H2. The van der Waals surface area contributed by atoms with Gasteiger partial charge in [-0.3, -0.25) is 4.98 Å². The first kappa shape index (κ1) is 12.8. The SMILES string of the molecule is Oc1ccccc1CNc1ccc(Cl)c2ncccc12. The van der Waals surface area contributed by atoms with Gasteiger partial charge in [-0.1, -0.05) is 29.8 Å². The van der Waals surface area contributed by atoms with E-state index in [1.165, 1.54) is 0 Å². The number of rotatable bonds is 3. The third-order valence-electron chi connectivity index (χ3n) is 3.18. The van der Waals surface area contributed by atoms with Crippen LogP contribution in [0.3, 0.4) is 0 Å². The van der Waals surface area contributed by atoms with E-state index in [2.05, 4.69) is 10.3 Å². The maximum Gasteiger partial charge on any atom is 0.120 e. The summed E-state index contributed by atoms with van der Waals surface area (Å²) >= 11 is 6.14. The van der Waals surface area contributed by atoms with E-state index in [1.54, 1.807) is 18.3 Å². The molecule has 0 saturated carbocycles. The van der Waals surface area contributed by atoms with Crippen molar-refractivity contribution in [3.05, 3.63) is 65.3 Å². The highest BCUT2D eigenvalue weighted by atomic mass is 35.5. The van der Waals surface area contributed by atoms with Crippen LogP contribution in [0, 0.1) is 0 Å². The van der Waals surface area contributed by atoms with E-state index in [0.29, 0.717) is 11.6 Å². The van der Waals surface area contributed by atoms with E-state index in [-0.39, 0.29) is 5.75 Å². The number of nitrogens with zero attached hydrogens (tertiary/aromatic N) is 1. The van der Waals surface area contributed by atoms with Crippen LogP contribution in [0.25, 0.3) is 10.9 Å². The van der Waals surface area contributed by atoms with Crippen molar-refractivity contribution in [2.24, 2.45) is 0 Å². The van der Waals surface area contributed by atoms with Crippen LogP contribution < -0.4 is 5.32 Å². The fourth-order valence-corrected chi connectivity index (χ4v) is 2.36. The molecule has 0 unspecified atom stereocenters. The maximum atomic E-state index is 9.77. The van der Waals surface area contributed by atoms with Crippen LogP contribution >= 0.6 is 11.6 Å². The lowest BCUT2D eigenvalue weighted by Crippen LogP contribution is -2.00. The highest BCUT2D eigenvalue weighted by Gasteiger charge is 2.06. The van der Waals surface area contributed by atoms with Crippen molar-refractivity contribution in [1.29, 1.82) is 0 Å². The molecule has 0 radical (unpaired) electrons. The van der Waals surface area contributed by atoms with Crippen LogP contribution in [-0.4, -0.2) is 10.1 Å². The Balaban J connectivity index is 1.92. The smallest absolute Gasteiger partial charge is 0.120 e. The lowest BCUT2D eigenvalue weighted by atomic mass is 10.1. The second-order valence-corrected chi connectivity index (χ2v) is 4.88. The van der Waals surface area contributed by atoms with Crippen molar-refractivity contribution < 1.29 is 5.11 Å². The van der Waals surface area contributed by atoms with Gasteiger partial charge in [0.2, 0.25) is 0 Å². The molecule has 1 aromatic heterocycles. The number of pyridine rings is 1. The number of hydrogen-bond acceptors (Lipinski definition) is 3. The van der Waals surface area contributed by atoms with Crippen molar-refractivity contribution in [3.63, 3.8) is 0 Å². The maximum absolute atomic E-state index is 9.77.